The molecule has 1 aliphatic rings. The fraction of sp³-hybridized carbons (Fsp3) is 0.167. The van der Waals surface area contributed by atoms with Crippen LogP contribution < -0.4 is 11.6 Å². The van der Waals surface area contributed by atoms with Gasteiger partial charge in [0.2, 0.25) is 5.96 Å². The van der Waals surface area contributed by atoms with E-state index in [0.717, 1.165) is 22.0 Å². The normalized spacial score (nSPS) is 17.7. The highest BCUT2D eigenvalue weighted by Gasteiger charge is 2.36. The fourth-order valence-electron chi connectivity index (χ4n) is 3.13. The van der Waals surface area contributed by atoms with Crippen LogP contribution in [0.2, 0.25) is 0 Å². The monoisotopic (exact) mass is 349 g/mol. The van der Waals surface area contributed by atoms with Crippen LogP contribution in [0.3, 0.4) is 0 Å². The average molecular weight is 349 g/mol. The summed E-state index contributed by atoms with van der Waals surface area (Å²) in [6.45, 7) is 1.92. The van der Waals surface area contributed by atoms with Crippen molar-refractivity contribution in [2.75, 3.05) is 0 Å². The van der Waals surface area contributed by atoms with Crippen molar-refractivity contribution in [1.29, 1.82) is 0 Å². The molecule has 1 unspecified atom stereocenters. The number of nitrogens with zero attached hydrogens (tertiary/aromatic N) is 5. The first-order valence-electron chi connectivity index (χ1n) is 8.15. The van der Waals surface area contributed by atoms with Gasteiger partial charge >= 0.3 is 0 Å². The molecule has 4 N–H and O–H groups in total. The number of carbonyl (C=O) groups is 1. The zero-order valence-corrected chi connectivity index (χ0v) is 14.5. The van der Waals surface area contributed by atoms with Gasteiger partial charge < -0.3 is 5.73 Å². The zero-order valence-electron chi connectivity index (χ0n) is 14.5. The number of aliphatic imine (C=N–C) groups is 1. The second-order valence-corrected chi connectivity index (χ2v) is 6.35. The van der Waals surface area contributed by atoms with Gasteiger partial charge in [-0.2, -0.15) is 10.1 Å². The first kappa shape index (κ1) is 16.2. The Balaban J connectivity index is 1.66. The second kappa shape index (κ2) is 5.94. The molecule has 2 heterocycles. The Kier molecular flexibility index (Phi) is 3.71. The largest absolute Gasteiger partial charge is 0.368 e. The highest BCUT2D eigenvalue weighted by molar-refractivity contribution is 6.05. The summed E-state index contributed by atoms with van der Waals surface area (Å²) in [6.07, 6.45) is 1.34. The molecule has 2 aromatic carbocycles. The van der Waals surface area contributed by atoms with Crippen molar-refractivity contribution in [2.24, 2.45) is 23.6 Å². The maximum Gasteiger partial charge on any atom is 0.276 e. The van der Waals surface area contributed by atoms with Crippen LogP contribution in [0.1, 0.15) is 27.7 Å². The molecule has 3 aromatic rings. The van der Waals surface area contributed by atoms with E-state index in [9.17, 15) is 4.79 Å². The van der Waals surface area contributed by atoms with Crippen molar-refractivity contribution in [3.05, 3.63) is 65.4 Å². The molecule has 0 fully saturated rings. The molecule has 26 heavy (non-hydrogen) atoms. The number of nitrogens with two attached hydrogens (primary N) is 2. The fourth-order valence-corrected chi connectivity index (χ4v) is 3.13. The van der Waals surface area contributed by atoms with Crippen LogP contribution in [0, 0.1) is 6.92 Å². The quantitative estimate of drug-likeness (QED) is 0.681. The van der Waals surface area contributed by atoms with E-state index in [-0.39, 0.29) is 11.9 Å². The molecule has 0 saturated heterocycles. The third-order valence-electron chi connectivity index (χ3n) is 4.35. The first-order chi connectivity index (χ1) is 12.4. The molecule has 8 nitrogen and oxygen atoms in total. The molecule has 0 saturated carbocycles. The van der Waals surface area contributed by atoms with Crippen molar-refractivity contribution in [3.8, 4) is 0 Å². The Bertz CT molecular complexity index is 1040. The highest BCUT2D eigenvalue weighted by Crippen LogP contribution is 2.29. The molecule has 0 spiro atoms. The topological polar surface area (TPSA) is 106 Å². The smallest absolute Gasteiger partial charge is 0.276 e. The number of rotatable bonds is 2. The Morgan fingerprint density at radius 3 is 2.77 bits per heavy atom. The van der Waals surface area contributed by atoms with Gasteiger partial charge in [-0.25, -0.2) is 10.8 Å². The highest BCUT2D eigenvalue weighted by atomic mass is 16.2. The summed E-state index contributed by atoms with van der Waals surface area (Å²) in [4.78, 5) is 17.2. The van der Waals surface area contributed by atoms with E-state index in [1.807, 2.05) is 50.5 Å². The Morgan fingerprint density at radius 1 is 1.19 bits per heavy atom. The molecule has 0 aliphatic carbocycles. The SMILES string of the molecule is Cc1cccc(C(=O)N2C(N)=NC(c3ccc4nn(C)cc4c3)N2N)c1. The molecular weight excluding hydrogens is 330 g/mol. The van der Waals surface area contributed by atoms with Gasteiger partial charge in [-0.05, 0) is 36.8 Å². The summed E-state index contributed by atoms with van der Waals surface area (Å²) >= 11 is 0. The number of amides is 1. The predicted molar refractivity (Wildman–Crippen MR) is 98.5 cm³/mol. The zero-order chi connectivity index (χ0) is 18.4. The minimum atomic E-state index is -0.576. The summed E-state index contributed by atoms with van der Waals surface area (Å²) in [5, 5.41) is 7.78. The van der Waals surface area contributed by atoms with Crippen LogP contribution in [0.4, 0.5) is 0 Å². The molecule has 0 bridgehead atoms. The van der Waals surface area contributed by atoms with Gasteiger partial charge in [0.25, 0.3) is 5.91 Å². The number of benzene rings is 2. The molecular formula is C18H19N7O. The summed E-state index contributed by atoms with van der Waals surface area (Å²) in [6, 6.07) is 13.0. The second-order valence-electron chi connectivity index (χ2n) is 6.35. The summed E-state index contributed by atoms with van der Waals surface area (Å²) in [5.74, 6) is 5.94. The van der Waals surface area contributed by atoms with Gasteiger partial charge in [0, 0.05) is 24.2 Å². The van der Waals surface area contributed by atoms with E-state index in [2.05, 4.69) is 10.1 Å². The lowest BCUT2D eigenvalue weighted by atomic mass is 10.1. The number of aryl methyl sites for hydroxylation is 2. The van der Waals surface area contributed by atoms with E-state index in [1.165, 1.54) is 10.1 Å². The van der Waals surface area contributed by atoms with E-state index >= 15 is 0 Å². The molecule has 1 amide bonds. The van der Waals surface area contributed by atoms with Gasteiger partial charge in [-0.1, -0.05) is 23.8 Å². The standard InChI is InChI=1S/C18H19N7O/c1-11-4-3-5-13(8-11)17(26)24-18(19)21-16(25(24)20)12-6-7-15-14(9-12)10-23(2)22-15/h3-10,16H,20H2,1-2H3,(H2,19,21). The molecule has 1 aliphatic heterocycles. The number of aromatic nitrogens is 2. The maximum atomic E-state index is 12.8. The minimum Gasteiger partial charge on any atom is -0.368 e. The van der Waals surface area contributed by atoms with Gasteiger partial charge in [-0.15, -0.1) is 5.12 Å². The first-order valence-corrected chi connectivity index (χ1v) is 8.15. The third kappa shape index (κ3) is 2.61. The summed E-state index contributed by atoms with van der Waals surface area (Å²) in [5.41, 5.74) is 9.19. The van der Waals surface area contributed by atoms with Crippen LogP contribution in [0.25, 0.3) is 10.9 Å². The molecule has 4 rings (SSSR count). The third-order valence-corrected chi connectivity index (χ3v) is 4.35. The number of guanidine groups is 1. The van der Waals surface area contributed by atoms with Gasteiger partial charge in [-0.3, -0.25) is 9.48 Å². The molecule has 8 heteroatoms. The summed E-state index contributed by atoms with van der Waals surface area (Å²) < 4.78 is 1.74. The van der Waals surface area contributed by atoms with Gasteiger partial charge in [0.1, 0.15) is 0 Å². The number of fused-ring (bicyclic) bond motifs is 1. The lowest BCUT2D eigenvalue weighted by Gasteiger charge is -2.26. The Hall–Kier alpha value is -3.23. The van der Waals surface area contributed by atoms with E-state index in [4.69, 9.17) is 11.6 Å². The number of hydrogen-bond donors (Lipinski definition) is 2. The lowest BCUT2D eigenvalue weighted by Crippen LogP contribution is -2.52. The van der Waals surface area contributed by atoms with Gasteiger partial charge in [0.05, 0.1) is 5.52 Å². The van der Waals surface area contributed by atoms with Crippen LogP contribution in [0.5, 0.6) is 0 Å². The molecule has 132 valence electrons. The Labute approximate surface area is 150 Å². The van der Waals surface area contributed by atoms with E-state index < -0.39 is 6.17 Å². The van der Waals surface area contributed by atoms with E-state index in [0.29, 0.717) is 5.56 Å². The van der Waals surface area contributed by atoms with Crippen molar-refractivity contribution in [3.63, 3.8) is 0 Å². The van der Waals surface area contributed by atoms with Crippen LogP contribution in [-0.4, -0.2) is 31.8 Å². The van der Waals surface area contributed by atoms with Crippen LogP contribution in [0.15, 0.2) is 53.7 Å². The van der Waals surface area contributed by atoms with Crippen LogP contribution in [-0.2, 0) is 7.05 Å². The number of hydrogen-bond acceptors (Lipinski definition) is 6. The summed E-state index contributed by atoms with van der Waals surface area (Å²) in [7, 11) is 1.86. The number of hydrazine groups is 2. The lowest BCUT2D eigenvalue weighted by molar-refractivity contribution is 0.0199. The Morgan fingerprint density at radius 2 is 2.00 bits per heavy atom. The molecule has 1 aromatic heterocycles. The van der Waals surface area contributed by atoms with Crippen molar-refractivity contribution in [2.45, 2.75) is 13.1 Å². The number of carbonyl (C=O) groups excluding carboxylic acids is 1. The average Bonchev–Trinajstić information content (AvgIpc) is 3.12. The van der Waals surface area contributed by atoms with Gasteiger partial charge in [0.15, 0.2) is 6.17 Å². The van der Waals surface area contributed by atoms with Crippen molar-refractivity contribution < 1.29 is 4.79 Å². The molecule has 0 radical (unpaired) electrons. The van der Waals surface area contributed by atoms with E-state index in [1.54, 1.807) is 16.8 Å². The maximum absolute atomic E-state index is 12.8. The predicted octanol–water partition coefficient (Wildman–Crippen LogP) is 1.44. The van der Waals surface area contributed by atoms with Crippen molar-refractivity contribution in [1.82, 2.24) is 19.9 Å². The van der Waals surface area contributed by atoms with Crippen molar-refractivity contribution >= 4 is 22.8 Å². The molecule has 1 atom stereocenters. The van der Waals surface area contributed by atoms with Crippen LogP contribution >= 0.6 is 0 Å². The minimum absolute atomic E-state index is 0.0651.